The molecule has 2 aliphatic carbocycles. The summed E-state index contributed by atoms with van der Waals surface area (Å²) in [5.74, 6) is -4.09. The standard InChI is InChI=1S/C72H122N6O18/c79-55-93-47-23-12-7-3-1-5-9-20-30-66(83)73-52-58-35-33-57(34-36-58)27-17-15-22-32-68(85)77-62(42-45-70(87)88)28-18-11-14-25-49-95-75-54-76-96-50-26-16-19-29-64(81)63(43-46-71(89)90)78-69(86)44-41-61(72(91)92)51-65(82)60-39-37-59(38-40-60)53-74-67(84)31-21-10-6-2-4-8-13-24-48-94-56-80/h55-63H,1-53H2,(H,73,83)(H,74,84)(H,77,85)(H,78,86)(H,87,88)(H,89,90)(H,91,92)/t57?,58?,59?,60?,61-,62+,63-/m0/s1. The van der Waals surface area contributed by atoms with Gasteiger partial charge in [0.05, 0.1) is 25.2 Å². The number of amides is 4. The zero-order valence-corrected chi connectivity index (χ0v) is 58.0. The van der Waals surface area contributed by atoms with Gasteiger partial charge < -0.3 is 55.7 Å². The summed E-state index contributed by atoms with van der Waals surface area (Å²) < 4.78 is 9.41. The Balaban J connectivity index is 1.52. The van der Waals surface area contributed by atoms with E-state index in [0.717, 1.165) is 173 Å². The smallest absolute Gasteiger partial charge is 0.306 e. The number of carboxylic acids is 3. The number of nitrogens with zero attached hydrogens (tertiary/aromatic N) is 2. The molecular formula is C72H122N6O18. The Morgan fingerprint density at radius 2 is 0.833 bits per heavy atom. The molecular weight excluding hydrogens is 1240 g/mol. The monoisotopic (exact) mass is 1360 g/mol. The molecule has 24 nitrogen and oxygen atoms in total. The van der Waals surface area contributed by atoms with Gasteiger partial charge in [0.1, 0.15) is 19.0 Å². The molecule has 4 amide bonds. The predicted octanol–water partition coefficient (Wildman–Crippen LogP) is 12.4. The van der Waals surface area contributed by atoms with E-state index in [4.69, 9.17) is 19.1 Å². The first kappa shape index (κ1) is 85.6. The lowest BCUT2D eigenvalue weighted by atomic mass is 9.78. The molecule has 0 unspecified atom stereocenters. The van der Waals surface area contributed by atoms with Crippen LogP contribution in [0, 0.1) is 29.6 Å². The third-order valence-electron chi connectivity index (χ3n) is 18.8. The van der Waals surface area contributed by atoms with Crippen molar-refractivity contribution in [1.29, 1.82) is 0 Å². The van der Waals surface area contributed by atoms with Gasteiger partial charge in [0.25, 0.3) is 12.9 Å². The van der Waals surface area contributed by atoms with Gasteiger partial charge in [-0.25, -0.2) is 0 Å². The normalized spacial score (nSPS) is 16.8. The molecule has 0 aromatic carbocycles. The number of carbonyl (C=O) groups is 11. The van der Waals surface area contributed by atoms with Crippen molar-refractivity contribution in [2.45, 2.75) is 314 Å². The maximum atomic E-state index is 13.3. The van der Waals surface area contributed by atoms with Crippen molar-refractivity contribution >= 4 is 72.1 Å². The van der Waals surface area contributed by atoms with Crippen LogP contribution in [-0.2, 0) is 71.9 Å². The molecule has 96 heavy (non-hydrogen) atoms. The minimum absolute atomic E-state index is 0.0118. The Kier molecular flexibility index (Phi) is 52.3. The van der Waals surface area contributed by atoms with Crippen molar-refractivity contribution in [2.75, 3.05) is 39.5 Å². The highest BCUT2D eigenvalue weighted by Gasteiger charge is 2.31. The Morgan fingerprint density at radius 3 is 1.34 bits per heavy atom. The quantitative estimate of drug-likeness (QED) is 0.0129. The molecule has 7 N–H and O–H groups in total. The third kappa shape index (κ3) is 49.1. The number of hydrogen-bond donors (Lipinski definition) is 7. The fourth-order valence-electron chi connectivity index (χ4n) is 12.8. The summed E-state index contributed by atoms with van der Waals surface area (Å²) in [7, 11) is 0. The average molecular weight is 1360 g/mol. The zero-order valence-electron chi connectivity index (χ0n) is 58.0. The lowest BCUT2D eigenvalue weighted by Crippen LogP contribution is -2.41. The number of ether oxygens (including phenoxy) is 2. The highest BCUT2D eigenvalue weighted by molar-refractivity contribution is 5.90. The van der Waals surface area contributed by atoms with Crippen molar-refractivity contribution in [3.05, 3.63) is 0 Å². The molecule has 548 valence electrons. The minimum Gasteiger partial charge on any atom is -0.481 e. The van der Waals surface area contributed by atoms with Gasteiger partial charge in [-0.1, -0.05) is 122 Å². The first-order valence-electron chi connectivity index (χ1n) is 36.9. The highest BCUT2D eigenvalue weighted by Crippen LogP contribution is 2.33. The van der Waals surface area contributed by atoms with E-state index in [0.29, 0.717) is 115 Å². The molecule has 0 bridgehead atoms. The van der Waals surface area contributed by atoms with Crippen molar-refractivity contribution in [3.8, 4) is 0 Å². The van der Waals surface area contributed by atoms with Crippen LogP contribution in [0.15, 0.2) is 10.3 Å². The second kappa shape index (κ2) is 58.7. The van der Waals surface area contributed by atoms with Gasteiger partial charge in [-0.05, 0) is 156 Å². The first-order valence-corrected chi connectivity index (χ1v) is 36.9. The van der Waals surface area contributed by atoms with Crippen LogP contribution >= 0.6 is 0 Å². The number of Topliss-reactive ketones (excluding diaryl/α,β-unsaturated/α-hetero) is 2. The maximum absolute atomic E-state index is 13.3. The van der Waals surface area contributed by atoms with E-state index in [1.165, 1.54) is 25.7 Å². The number of ketones is 2. The summed E-state index contributed by atoms with van der Waals surface area (Å²) in [5.41, 5.74) is 0. The molecule has 2 rings (SSSR count). The van der Waals surface area contributed by atoms with Crippen molar-refractivity contribution in [3.63, 3.8) is 0 Å². The largest absolute Gasteiger partial charge is 0.481 e. The van der Waals surface area contributed by atoms with Crippen LogP contribution in [-0.4, -0.2) is 139 Å². The molecule has 0 saturated heterocycles. The molecule has 0 aromatic rings. The van der Waals surface area contributed by atoms with Crippen LogP contribution < -0.4 is 21.3 Å². The van der Waals surface area contributed by atoms with Crippen molar-refractivity contribution < 1.29 is 87.2 Å². The number of unbranched alkanes of at least 4 members (excludes halogenated alkanes) is 21. The van der Waals surface area contributed by atoms with E-state index in [1.807, 2.05) is 0 Å². The molecule has 24 heteroatoms. The summed E-state index contributed by atoms with van der Waals surface area (Å²) >= 11 is 0. The zero-order chi connectivity index (χ0) is 69.9. The SMILES string of the molecule is O=COCCCCCCCCCCC(=O)NCC1CCC(CCCCCC(=O)N[C@H](CCCCCCON=C=NOCCCCCC(=O)[C@H](CCC(=O)O)NC(=O)CC[C@@H](CC(=O)C2CCC(CNC(=O)CCCCCCCCCCOC=O)CC2)C(=O)O)CCC(=O)O)CC1. The second-order valence-electron chi connectivity index (χ2n) is 26.8. The van der Waals surface area contributed by atoms with Gasteiger partial charge in [-0.15, -0.1) is 0 Å². The molecule has 0 spiro atoms. The van der Waals surface area contributed by atoms with Crippen molar-refractivity contribution in [1.82, 2.24) is 21.3 Å². The van der Waals surface area contributed by atoms with Gasteiger partial charge in [0.15, 0.2) is 11.8 Å². The lowest BCUT2D eigenvalue weighted by molar-refractivity contribution is -0.145. The van der Waals surface area contributed by atoms with Crippen LogP contribution in [0.1, 0.15) is 302 Å². The lowest BCUT2D eigenvalue weighted by Gasteiger charge is -2.28. The summed E-state index contributed by atoms with van der Waals surface area (Å²) in [6, 6.07) is 1.06. The van der Waals surface area contributed by atoms with Gasteiger partial charge in [-0.2, -0.15) is 0 Å². The molecule has 0 aromatic heterocycles. The second-order valence-corrected chi connectivity index (χ2v) is 26.8. The van der Waals surface area contributed by atoms with Crippen LogP contribution in [0.4, 0.5) is 0 Å². The van der Waals surface area contributed by atoms with Gasteiger partial charge >= 0.3 is 17.9 Å². The summed E-state index contributed by atoms with van der Waals surface area (Å²) in [5, 5.41) is 47.8. The van der Waals surface area contributed by atoms with Crippen LogP contribution in [0.3, 0.4) is 0 Å². The Morgan fingerprint density at radius 1 is 0.417 bits per heavy atom. The molecule has 0 aliphatic heterocycles. The highest BCUT2D eigenvalue weighted by atomic mass is 16.6. The van der Waals surface area contributed by atoms with Gasteiger partial charge in [0.2, 0.25) is 23.6 Å². The molecule has 0 heterocycles. The number of hydrogen-bond acceptors (Lipinski definition) is 17. The van der Waals surface area contributed by atoms with E-state index in [2.05, 4.69) is 37.6 Å². The van der Waals surface area contributed by atoms with Crippen LogP contribution in [0.25, 0.3) is 0 Å². The Bertz CT molecular complexity index is 2230. The van der Waals surface area contributed by atoms with E-state index in [-0.39, 0.29) is 98.7 Å². The fraction of sp³-hybridized carbons (Fsp3) is 0.833. The van der Waals surface area contributed by atoms with Crippen LogP contribution in [0.5, 0.6) is 0 Å². The number of carbonyl (C=O) groups excluding carboxylic acids is 8. The topological polar surface area (TPSA) is 358 Å². The number of nitrogens with one attached hydrogen (secondary N) is 4. The maximum Gasteiger partial charge on any atom is 0.306 e. The molecule has 2 saturated carbocycles. The summed E-state index contributed by atoms with van der Waals surface area (Å²) in [4.78, 5) is 143. The Labute approximate surface area is 571 Å². The van der Waals surface area contributed by atoms with Crippen LogP contribution in [0.2, 0.25) is 0 Å². The van der Waals surface area contributed by atoms with Crippen molar-refractivity contribution in [2.24, 2.45) is 39.9 Å². The van der Waals surface area contributed by atoms with E-state index in [9.17, 15) is 68.1 Å². The summed E-state index contributed by atoms with van der Waals surface area (Å²) in [6.07, 6.45) is 34.5. The minimum atomic E-state index is -1.20. The van der Waals surface area contributed by atoms with Gasteiger partial charge in [0, 0.05) is 76.4 Å². The molecule has 0 radical (unpaired) electrons. The molecule has 2 fully saturated rings. The van der Waals surface area contributed by atoms with Gasteiger partial charge in [-0.3, -0.25) is 52.7 Å². The number of rotatable bonds is 65. The predicted molar refractivity (Wildman–Crippen MR) is 363 cm³/mol. The number of aliphatic carboxylic acids is 3. The Hall–Kier alpha value is -6.45. The van der Waals surface area contributed by atoms with E-state index < -0.39 is 35.8 Å². The average Bonchev–Trinajstić information content (AvgIpc) is 1.04. The van der Waals surface area contributed by atoms with E-state index in [1.54, 1.807) is 0 Å². The first-order chi connectivity index (χ1) is 46.6. The molecule has 3 atom stereocenters. The summed E-state index contributed by atoms with van der Waals surface area (Å²) in [6.45, 7) is 3.81. The molecule has 2 aliphatic rings. The fourth-order valence-corrected chi connectivity index (χ4v) is 12.8. The van der Waals surface area contributed by atoms with E-state index >= 15 is 0 Å². The third-order valence-corrected chi connectivity index (χ3v) is 18.8. The number of carboxylic acid groups (broad SMARTS) is 3.